The lowest BCUT2D eigenvalue weighted by Crippen LogP contribution is -2.43. The summed E-state index contributed by atoms with van der Waals surface area (Å²) in [4.78, 5) is 17.8. The fourth-order valence-corrected chi connectivity index (χ4v) is 6.35. The monoisotopic (exact) mass is 499 g/mol. The molecule has 9 heteroatoms. The Balaban J connectivity index is 1.46. The number of amides is 1. The number of nitrogens with one attached hydrogen (secondary N) is 1. The Bertz CT molecular complexity index is 1290. The Hall–Kier alpha value is -2.75. The van der Waals surface area contributed by atoms with Crippen LogP contribution in [0.5, 0.6) is 5.75 Å². The van der Waals surface area contributed by atoms with Crippen molar-refractivity contribution >= 4 is 33.0 Å². The summed E-state index contributed by atoms with van der Waals surface area (Å²) in [7, 11) is -3.71. The molecule has 7 nitrogen and oxygen atoms in total. The molecule has 0 bridgehead atoms. The molecule has 180 valence electrons. The first-order valence-corrected chi connectivity index (χ1v) is 13.7. The number of hydrogen-bond donors (Lipinski definition) is 1. The molecule has 0 unspecified atom stereocenters. The second kappa shape index (κ2) is 10.2. The molecular formula is C25H29N3O4S2. The molecule has 2 heterocycles. The fraction of sp³-hybridized carbons (Fsp3) is 0.360. The molecule has 1 amide bonds. The highest BCUT2D eigenvalue weighted by molar-refractivity contribution is 7.89. The van der Waals surface area contributed by atoms with Gasteiger partial charge in [0.05, 0.1) is 28.1 Å². The van der Waals surface area contributed by atoms with Gasteiger partial charge in [0.25, 0.3) is 0 Å². The van der Waals surface area contributed by atoms with Crippen molar-refractivity contribution < 1.29 is 17.9 Å². The number of piperidine rings is 1. The Morgan fingerprint density at radius 3 is 2.76 bits per heavy atom. The summed E-state index contributed by atoms with van der Waals surface area (Å²) in [5.41, 5.74) is 3.25. The molecule has 1 aliphatic rings. The lowest BCUT2D eigenvalue weighted by Gasteiger charge is -2.31. The maximum atomic E-state index is 13.3. The van der Waals surface area contributed by atoms with Crippen LogP contribution in [-0.4, -0.2) is 43.3 Å². The van der Waals surface area contributed by atoms with Crippen molar-refractivity contribution in [3.05, 3.63) is 58.4 Å². The largest absolute Gasteiger partial charge is 0.494 e. The number of nitrogens with zero attached hydrogens (tertiary/aromatic N) is 2. The SMILES string of the molecule is CCOc1ccc(S(=O)(=O)N2CCC[C@@H](C(=O)Nc3cccc(-c4csc(C)n4)c3)C2)cc1C. The number of carbonyl (C=O) groups excluding carboxylic acids is 1. The standard InChI is InChI=1S/C25H29N3O4S2/c1-4-32-24-11-10-22(13-17(24)2)34(30,31)28-12-6-8-20(15-28)25(29)27-21-9-5-7-19(14-21)23-16-33-18(3)26-23/h5,7,9-11,13-14,16,20H,4,6,8,12,15H2,1-3H3,(H,27,29)/t20-/m1/s1. The topological polar surface area (TPSA) is 88.6 Å². The first kappa shape index (κ1) is 24.4. The summed E-state index contributed by atoms with van der Waals surface area (Å²) >= 11 is 1.58. The zero-order valence-corrected chi connectivity index (χ0v) is 21.2. The smallest absolute Gasteiger partial charge is 0.243 e. The van der Waals surface area contributed by atoms with Crippen molar-refractivity contribution in [2.45, 2.75) is 38.5 Å². The summed E-state index contributed by atoms with van der Waals surface area (Å²) in [6.07, 6.45) is 1.27. The summed E-state index contributed by atoms with van der Waals surface area (Å²) in [6.45, 7) is 6.75. The summed E-state index contributed by atoms with van der Waals surface area (Å²) < 4.78 is 33.5. The number of sulfonamides is 1. The van der Waals surface area contributed by atoms with Gasteiger partial charge in [0, 0.05) is 29.7 Å². The van der Waals surface area contributed by atoms with Crippen molar-refractivity contribution in [1.82, 2.24) is 9.29 Å². The molecule has 1 saturated heterocycles. The van der Waals surface area contributed by atoms with Gasteiger partial charge in [0.15, 0.2) is 0 Å². The van der Waals surface area contributed by atoms with Gasteiger partial charge < -0.3 is 10.1 Å². The van der Waals surface area contributed by atoms with E-state index in [0.29, 0.717) is 37.4 Å². The molecule has 1 atom stereocenters. The number of aromatic nitrogens is 1. The number of rotatable bonds is 7. The Morgan fingerprint density at radius 2 is 2.06 bits per heavy atom. The molecule has 2 aromatic carbocycles. The van der Waals surface area contributed by atoms with Crippen LogP contribution in [0.15, 0.2) is 52.7 Å². The van der Waals surface area contributed by atoms with E-state index >= 15 is 0 Å². The highest BCUT2D eigenvalue weighted by Gasteiger charge is 2.33. The lowest BCUT2D eigenvalue weighted by atomic mass is 9.98. The maximum Gasteiger partial charge on any atom is 0.243 e. The van der Waals surface area contributed by atoms with Crippen molar-refractivity contribution in [2.75, 3.05) is 25.0 Å². The molecule has 1 fully saturated rings. The second-order valence-corrected chi connectivity index (χ2v) is 11.4. The third kappa shape index (κ3) is 5.32. The third-order valence-corrected chi connectivity index (χ3v) is 8.52. The van der Waals surface area contributed by atoms with Gasteiger partial charge in [-0.25, -0.2) is 13.4 Å². The molecule has 34 heavy (non-hydrogen) atoms. The number of aryl methyl sites for hydroxylation is 2. The minimum atomic E-state index is -3.71. The van der Waals surface area contributed by atoms with Crippen LogP contribution in [0.3, 0.4) is 0 Å². The van der Waals surface area contributed by atoms with Gasteiger partial charge >= 0.3 is 0 Å². The summed E-state index contributed by atoms with van der Waals surface area (Å²) in [5.74, 6) is 0.0827. The van der Waals surface area contributed by atoms with Crippen LogP contribution in [0, 0.1) is 19.8 Å². The lowest BCUT2D eigenvalue weighted by molar-refractivity contribution is -0.120. The van der Waals surface area contributed by atoms with Crippen LogP contribution in [0.1, 0.15) is 30.3 Å². The molecular weight excluding hydrogens is 470 g/mol. The highest BCUT2D eigenvalue weighted by atomic mass is 32.2. The minimum absolute atomic E-state index is 0.158. The van der Waals surface area contributed by atoms with Crippen molar-refractivity contribution in [2.24, 2.45) is 5.92 Å². The minimum Gasteiger partial charge on any atom is -0.494 e. The average Bonchev–Trinajstić information content (AvgIpc) is 3.27. The third-order valence-electron chi connectivity index (χ3n) is 5.88. The van der Waals surface area contributed by atoms with Gasteiger partial charge in [-0.1, -0.05) is 12.1 Å². The number of carbonyl (C=O) groups is 1. The van der Waals surface area contributed by atoms with Crippen LogP contribution < -0.4 is 10.1 Å². The van der Waals surface area contributed by atoms with E-state index in [4.69, 9.17) is 4.74 Å². The zero-order valence-electron chi connectivity index (χ0n) is 19.6. The first-order chi connectivity index (χ1) is 16.3. The van der Waals surface area contributed by atoms with E-state index in [2.05, 4.69) is 10.3 Å². The van der Waals surface area contributed by atoms with E-state index in [1.807, 2.05) is 50.4 Å². The second-order valence-electron chi connectivity index (χ2n) is 8.38. The van der Waals surface area contributed by atoms with E-state index in [1.165, 1.54) is 4.31 Å². The van der Waals surface area contributed by atoms with E-state index in [1.54, 1.807) is 29.5 Å². The van der Waals surface area contributed by atoms with E-state index in [9.17, 15) is 13.2 Å². The number of thiazole rings is 1. The average molecular weight is 500 g/mol. The van der Waals surface area contributed by atoms with Gasteiger partial charge in [0.1, 0.15) is 5.75 Å². The summed E-state index contributed by atoms with van der Waals surface area (Å²) in [6, 6.07) is 12.5. The van der Waals surface area contributed by atoms with Crippen molar-refractivity contribution in [3.8, 4) is 17.0 Å². The number of hydrogen-bond acceptors (Lipinski definition) is 6. The van der Waals surface area contributed by atoms with Crippen LogP contribution in [0.4, 0.5) is 5.69 Å². The molecule has 4 rings (SSSR count). The molecule has 0 radical (unpaired) electrons. The van der Waals surface area contributed by atoms with Gasteiger partial charge in [-0.2, -0.15) is 4.31 Å². The van der Waals surface area contributed by atoms with E-state index < -0.39 is 15.9 Å². The van der Waals surface area contributed by atoms with Crippen molar-refractivity contribution in [3.63, 3.8) is 0 Å². The number of anilines is 1. The summed E-state index contributed by atoms with van der Waals surface area (Å²) in [5, 5.41) is 5.94. The van der Waals surface area contributed by atoms with Crippen molar-refractivity contribution in [1.29, 1.82) is 0 Å². The Morgan fingerprint density at radius 1 is 1.24 bits per heavy atom. The molecule has 1 aromatic heterocycles. The molecule has 1 N–H and O–H groups in total. The predicted molar refractivity (Wildman–Crippen MR) is 135 cm³/mol. The number of benzene rings is 2. The predicted octanol–water partition coefficient (Wildman–Crippen LogP) is 4.87. The zero-order chi connectivity index (χ0) is 24.3. The van der Waals surface area contributed by atoms with Crippen LogP contribution in [0.2, 0.25) is 0 Å². The van der Waals surface area contributed by atoms with Crippen LogP contribution in [-0.2, 0) is 14.8 Å². The number of ether oxygens (including phenoxy) is 1. The Kier molecular flexibility index (Phi) is 7.35. The van der Waals surface area contributed by atoms with Gasteiger partial charge in [-0.15, -0.1) is 11.3 Å². The fourth-order valence-electron chi connectivity index (χ4n) is 4.12. The van der Waals surface area contributed by atoms with E-state index in [0.717, 1.165) is 21.8 Å². The quantitative estimate of drug-likeness (QED) is 0.501. The molecule has 3 aromatic rings. The maximum absolute atomic E-state index is 13.3. The van der Waals surface area contributed by atoms with Gasteiger partial charge in [-0.05, 0) is 69.5 Å². The van der Waals surface area contributed by atoms with E-state index in [-0.39, 0.29) is 17.3 Å². The molecule has 0 saturated carbocycles. The highest BCUT2D eigenvalue weighted by Crippen LogP contribution is 2.29. The molecule has 0 aliphatic carbocycles. The van der Waals surface area contributed by atoms with Crippen LogP contribution >= 0.6 is 11.3 Å². The van der Waals surface area contributed by atoms with Gasteiger partial charge in [0.2, 0.25) is 15.9 Å². The molecule has 0 spiro atoms. The van der Waals surface area contributed by atoms with Crippen LogP contribution in [0.25, 0.3) is 11.3 Å². The molecule has 1 aliphatic heterocycles. The van der Waals surface area contributed by atoms with Gasteiger partial charge in [-0.3, -0.25) is 4.79 Å². The Labute approximate surface area is 204 Å². The first-order valence-electron chi connectivity index (χ1n) is 11.3. The normalized spacial score (nSPS) is 16.9.